The highest BCUT2D eigenvalue weighted by Gasteiger charge is 2.25. The number of carbonyl (C=O) groups is 2. The van der Waals surface area contributed by atoms with Crippen molar-refractivity contribution in [1.29, 1.82) is 0 Å². The summed E-state index contributed by atoms with van der Waals surface area (Å²) >= 11 is 0. The molecule has 1 heterocycles. The number of pyridine rings is 1. The lowest BCUT2D eigenvalue weighted by molar-refractivity contribution is -0.141. The van der Waals surface area contributed by atoms with Gasteiger partial charge in [0, 0.05) is 12.7 Å². The fourth-order valence-corrected chi connectivity index (χ4v) is 1.27. The van der Waals surface area contributed by atoms with E-state index in [9.17, 15) is 19.1 Å². The first-order valence-electron chi connectivity index (χ1n) is 5.14. The first-order chi connectivity index (χ1) is 8.30. The van der Waals surface area contributed by atoms with Crippen molar-refractivity contribution in [2.24, 2.45) is 0 Å². The maximum Gasteiger partial charge on any atom is 0.306 e. The molecule has 3 N–H and O–H groups in total. The Hall–Kier alpha value is -2.02. The van der Waals surface area contributed by atoms with Crippen molar-refractivity contribution in [3.05, 3.63) is 29.8 Å². The molecule has 7 heteroatoms. The second kappa shape index (κ2) is 5.54. The molecule has 0 spiro atoms. The summed E-state index contributed by atoms with van der Waals surface area (Å²) in [5.74, 6) is -2.43. The van der Waals surface area contributed by atoms with E-state index in [0.717, 1.165) is 12.3 Å². The van der Waals surface area contributed by atoms with Gasteiger partial charge >= 0.3 is 5.97 Å². The second-order valence-electron chi connectivity index (χ2n) is 4.12. The molecule has 0 radical (unpaired) electrons. The molecule has 0 aromatic carbocycles. The van der Waals surface area contributed by atoms with Gasteiger partial charge in [-0.05, 0) is 19.1 Å². The largest absolute Gasteiger partial charge is 0.481 e. The molecule has 1 rings (SSSR count). The third kappa shape index (κ3) is 4.46. The van der Waals surface area contributed by atoms with E-state index in [1.54, 1.807) is 0 Å². The summed E-state index contributed by atoms with van der Waals surface area (Å²) in [6.07, 6.45) is 0.561. The quantitative estimate of drug-likeness (QED) is 0.652. The number of nitrogens with zero attached hydrogens (tertiary/aromatic N) is 1. The van der Waals surface area contributed by atoms with Crippen LogP contribution in [0.1, 0.15) is 23.7 Å². The van der Waals surface area contributed by atoms with Crippen LogP contribution >= 0.6 is 0 Å². The highest BCUT2D eigenvalue weighted by molar-refractivity contribution is 5.93. The number of carboxylic acids is 1. The van der Waals surface area contributed by atoms with Crippen LogP contribution < -0.4 is 5.32 Å². The van der Waals surface area contributed by atoms with E-state index in [2.05, 4.69) is 10.3 Å². The molecule has 0 aliphatic carbocycles. The molecule has 0 fully saturated rings. The smallest absolute Gasteiger partial charge is 0.306 e. The van der Waals surface area contributed by atoms with Crippen molar-refractivity contribution in [3.8, 4) is 0 Å². The summed E-state index contributed by atoms with van der Waals surface area (Å²) in [5, 5.41) is 20.5. The molecule has 1 atom stereocenters. The first kappa shape index (κ1) is 14.0. The average molecular weight is 256 g/mol. The lowest BCUT2D eigenvalue weighted by atomic mass is 10.0. The maximum atomic E-state index is 12.5. The van der Waals surface area contributed by atoms with Crippen LogP contribution in [0.3, 0.4) is 0 Å². The summed E-state index contributed by atoms with van der Waals surface area (Å²) in [6.45, 7) is 1.07. The number of halogens is 1. The zero-order chi connectivity index (χ0) is 13.8. The molecule has 0 aliphatic heterocycles. The number of aliphatic hydroxyl groups is 1. The molecule has 0 bridgehead atoms. The minimum atomic E-state index is -1.55. The molecule has 98 valence electrons. The topological polar surface area (TPSA) is 99.5 Å². The molecule has 18 heavy (non-hydrogen) atoms. The monoisotopic (exact) mass is 256 g/mol. The Morgan fingerprint density at radius 2 is 2.17 bits per heavy atom. The molecule has 1 aromatic rings. The summed E-state index contributed by atoms with van der Waals surface area (Å²) in [5.41, 5.74) is -1.42. The van der Waals surface area contributed by atoms with Gasteiger partial charge in [-0.1, -0.05) is 0 Å². The number of nitrogens with one attached hydrogen (secondary N) is 1. The number of hydrogen-bond donors (Lipinski definition) is 3. The predicted molar refractivity (Wildman–Crippen MR) is 59.4 cm³/mol. The summed E-state index contributed by atoms with van der Waals surface area (Å²) in [6, 6.07) is 2.27. The van der Waals surface area contributed by atoms with Gasteiger partial charge in [-0.2, -0.15) is 4.39 Å². The van der Waals surface area contributed by atoms with Crippen molar-refractivity contribution in [2.75, 3.05) is 6.54 Å². The highest BCUT2D eigenvalue weighted by atomic mass is 19.1. The minimum absolute atomic E-state index is 0.127. The summed E-state index contributed by atoms with van der Waals surface area (Å²) in [7, 11) is 0. The van der Waals surface area contributed by atoms with Gasteiger partial charge in [0.2, 0.25) is 5.95 Å². The Bertz CT molecular complexity index is 445. The van der Waals surface area contributed by atoms with Crippen LogP contribution in [-0.4, -0.2) is 39.2 Å². The number of carboxylic acid groups (broad SMARTS) is 1. The number of aliphatic carboxylic acids is 1. The van der Waals surface area contributed by atoms with Crippen molar-refractivity contribution >= 4 is 11.9 Å². The average Bonchev–Trinajstić information content (AvgIpc) is 2.25. The Morgan fingerprint density at radius 3 is 2.67 bits per heavy atom. The van der Waals surface area contributed by atoms with Crippen molar-refractivity contribution < 1.29 is 24.2 Å². The molecule has 1 aromatic heterocycles. The molecular weight excluding hydrogens is 243 g/mol. The summed E-state index contributed by atoms with van der Waals surface area (Å²) < 4.78 is 12.5. The molecule has 0 aliphatic rings. The molecule has 0 saturated heterocycles. The zero-order valence-corrected chi connectivity index (χ0v) is 9.68. The number of aromatic nitrogens is 1. The minimum Gasteiger partial charge on any atom is -0.481 e. The third-order valence-corrected chi connectivity index (χ3v) is 2.15. The van der Waals surface area contributed by atoms with Gasteiger partial charge in [-0.3, -0.25) is 9.59 Å². The van der Waals surface area contributed by atoms with Gasteiger partial charge in [0.25, 0.3) is 5.91 Å². The molecule has 1 amide bonds. The number of rotatable bonds is 5. The Kier molecular flexibility index (Phi) is 4.33. The van der Waals surface area contributed by atoms with Gasteiger partial charge < -0.3 is 15.5 Å². The number of carbonyl (C=O) groups excluding carboxylic acids is 1. The van der Waals surface area contributed by atoms with E-state index in [1.165, 1.54) is 13.0 Å². The van der Waals surface area contributed by atoms with Crippen molar-refractivity contribution in [1.82, 2.24) is 10.3 Å². The fraction of sp³-hybridized carbons (Fsp3) is 0.364. The lowest BCUT2D eigenvalue weighted by Gasteiger charge is -2.21. The standard InChI is InChI=1S/C11H13FN2O4/c1-11(18,4-9(15)16)6-14-10(17)7-2-3-8(12)13-5-7/h2-3,5,18H,4,6H2,1H3,(H,14,17)(H,15,16). The van der Waals surface area contributed by atoms with Crippen LogP contribution in [0, 0.1) is 5.95 Å². The number of amides is 1. The lowest BCUT2D eigenvalue weighted by Crippen LogP contribution is -2.42. The van der Waals surface area contributed by atoms with Gasteiger partial charge in [0.05, 0.1) is 17.6 Å². The van der Waals surface area contributed by atoms with E-state index in [-0.39, 0.29) is 12.1 Å². The molecule has 0 saturated carbocycles. The van der Waals surface area contributed by atoms with Crippen molar-refractivity contribution in [3.63, 3.8) is 0 Å². The third-order valence-electron chi connectivity index (χ3n) is 2.15. The van der Waals surface area contributed by atoms with Crippen LogP contribution in [0.4, 0.5) is 4.39 Å². The number of hydrogen-bond acceptors (Lipinski definition) is 4. The molecular formula is C11H13FN2O4. The first-order valence-corrected chi connectivity index (χ1v) is 5.14. The normalized spacial score (nSPS) is 13.7. The van der Waals surface area contributed by atoms with Crippen LogP contribution in [0.2, 0.25) is 0 Å². The Balaban J connectivity index is 2.55. The van der Waals surface area contributed by atoms with Gasteiger partial charge in [-0.15, -0.1) is 0 Å². The van der Waals surface area contributed by atoms with E-state index in [1.807, 2.05) is 0 Å². The zero-order valence-electron chi connectivity index (χ0n) is 9.68. The molecule has 6 nitrogen and oxygen atoms in total. The van der Waals surface area contributed by atoms with E-state index >= 15 is 0 Å². The SMILES string of the molecule is CC(O)(CNC(=O)c1ccc(F)nc1)CC(=O)O. The van der Waals surface area contributed by atoms with Crippen LogP contribution in [0.25, 0.3) is 0 Å². The van der Waals surface area contributed by atoms with Crippen LogP contribution in [0.15, 0.2) is 18.3 Å². The van der Waals surface area contributed by atoms with Crippen molar-refractivity contribution in [2.45, 2.75) is 18.9 Å². The van der Waals surface area contributed by atoms with Gasteiger partial charge in [-0.25, -0.2) is 4.98 Å². The Morgan fingerprint density at radius 1 is 1.50 bits per heavy atom. The maximum absolute atomic E-state index is 12.5. The van der Waals surface area contributed by atoms with E-state index < -0.39 is 29.8 Å². The fourth-order valence-electron chi connectivity index (χ4n) is 1.27. The van der Waals surface area contributed by atoms with Gasteiger partial charge in [0.15, 0.2) is 0 Å². The second-order valence-corrected chi connectivity index (χ2v) is 4.12. The Labute approximate surface area is 102 Å². The van der Waals surface area contributed by atoms with E-state index in [4.69, 9.17) is 5.11 Å². The predicted octanol–water partition coefficient (Wildman–Crippen LogP) is 0.176. The van der Waals surface area contributed by atoms with Crippen LogP contribution in [0.5, 0.6) is 0 Å². The van der Waals surface area contributed by atoms with Gasteiger partial charge in [0.1, 0.15) is 0 Å². The van der Waals surface area contributed by atoms with Crippen LogP contribution in [-0.2, 0) is 4.79 Å². The van der Waals surface area contributed by atoms with E-state index in [0.29, 0.717) is 0 Å². The highest BCUT2D eigenvalue weighted by Crippen LogP contribution is 2.08. The summed E-state index contributed by atoms with van der Waals surface area (Å²) in [4.78, 5) is 25.3. The molecule has 1 unspecified atom stereocenters.